The smallest absolute Gasteiger partial charge is 0.137 e. The molecule has 0 radical (unpaired) electrons. The van der Waals surface area contributed by atoms with Crippen LogP contribution in [0, 0.1) is 0 Å². The Morgan fingerprint density at radius 3 is 1.63 bits per heavy atom. The summed E-state index contributed by atoms with van der Waals surface area (Å²) in [5.41, 5.74) is 9.71. The summed E-state index contributed by atoms with van der Waals surface area (Å²) < 4.78 is 6.39. The zero-order valence-electron chi connectivity index (χ0n) is 29.4. The second kappa shape index (κ2) is 12.2. The molecule has 2 heteroatoms. The minimum absolute atomic E-state index is 0.872. The highest BCUT2D eigenvalue weighted by atomic mass is 16.3. The van der Waals surface area contributed by atoms with Crippen LogP contribution in [0.1, 0.15) is 0 Å². The van der Waals surface area contributed by atoms with Crippen molar-refractivity contribution in [3.63, 3.8) is 0 Å². The zero-order chi connectivity index (χ0) is 35.6. The lowest BCUT2D eigenvalue weighted by molar-refractivity contribution is 0.669. The maximum atomic E-state index is 6.39. The van der Waals surface area contributed by atoms with Gasteiger partial charge in [0.1, 0.15) is 11.2 Å². The van der Waals surface area contributed by atoms with Crippen LogP contribution >= 0.6 is 0 Å². The van der Waals surface area contributed by atoms with Crippen molar-refractivity contribution in [3.05, 3.63) is 200 Å². The van der Waals surface area contributed by atoms with E-state index in [4.69, 9.17) is 4.42 Å². The second-order valence-electron chi connectivity index (χ2n) is 14.1. The van der Waals surface area contributed by atoms with E-state index in [1.165, 1.54) is 65.3 Å². The predicted octanol–water partition coefficient (Wildman–Crippen LogP) is 15.0. The Bertz CT molecular complexity index is 3190. The van der Waals surface area contributed by atoms with Crippen LogP contribution in [0.4, 0.5) is 17.1 Å². The highest BCUT2D eigenvalue weighted by Gasteiger charge is 2.20. The largest absolute Gasteiger partial charge is 0.456 e. The van der Waals surface area contributed by atoms with E-state index < -0.39 is 0 Å². The van der Waals surface area contributed by atoms with E-state index in [1.54, 1.807) is 0 Å². The Hall–Kier alpha value is -7.16. The third-order valence-corrected chi connectivity index (χ3v) is 11.0. The molecule has 0 unspecified atom stereocenters. The molecule has 2 nitrogen and oxygen atoms in total. The van der Waals surface area contributed by atoms with E-state index in [0.717, 1.165) is 39.0 Å². The summed E-state index contributed by atoms with van der Waals surface area (Å²) in [5, 5.41) is 12.4. The Labute approximate surface area is 312 Å². The number of hydrogen-bond acceptors (Lipinski definition) is 2. The Morgan fingerprint density at radius 1 is 0.296 bits per heavy atom. The molecule has 1 aromatic heterocycles. The lowest BCUT2D eigenvalue weighted by Crippen LogP contribution is -2.10. The highest BCUT2D eigenvalue weighted by molar-refractivity contribution is 6.25. The van der Waals surface area contributed by atoms with Crippen LogP contribution in [-0.4, -0.2) is 0 Å². The molecular weight excluding hydrogens is 655 g/mol. The molecule has 0 saturated carbocycles. The third kappa shape index (κ3) is 4.88. The first kappa shape index (κ1) is 30.5. The van der Waals surface area contributed by atoms with Crippen molar-refractivity contribution in [1.29, 1.82) is 0 Å². The van der Waals surface area contributed by atoms with Gasteiger partial charge in [-0.3, -0.25) is 0 Å². The van der Waals surface area contributed by atoms with E-state index >= 15 is 0 Å². The van der Waals surface area contributed by atoms with E-state index in [0.29, 0.717) is 0 Å². The average molecular weight is 688 g/mol. The summed E-state index contributed by atoms with van der Waals surface area (Å²) in [6, 6.07) is 72.3. The monoisotopic (exact) mass is 687 g/mol. The van der Waals surface area contributed by atoms with Gasteiger partial charge in [0.25, 0.3) is 0 Å². The van der Waals surface area contributed by atoms with Crippen LogP contribution in [0.3, 0.4) is 0 Å². The number of hydrogen-bond donors (Lipinski definition) is 0. The van der Waals surface area contributed by atoms with Gasteiger partial charge < -0.3 is 9.32 Å². The van der Waals surface area contributed by atoms with Gasteiger partial charge in [-0.25, -0.2) is 0 Å². The fourth-order valence-corrected chi connectivity index (χ4v) is 8.45. The molecule has 0 atom stereocenters. The zero-order valence-corrected chi connectivity index (χ0v) is 29.4. The number of fused-ring (bicyclic) bond motifs is 10. The minimum Gasteiger partial charge on any atom is -0.456 e. The van der Waals surface area contributed by atoms with Crippen LogP contribution in [0.5, 0.6) is 0 Å². The average Bonchev–Trinajstić information content (AvgIpc) is 3.63. The van der Waals surface area contributed by atoms with Gasteiger partial charge in [-0.1, -0.05) is 146 Å². The van der Waals surface area contributed by atoms with Crippen molar-refractivity contribution in [2.24, 2.45) is 0 Å². The molecule has 0 spiro atoms. The lowest BCUT2D eigenvalue weighted by Gasteiger charge is -2.27. The Kier molecular flexibility index (Phi) is 6.90. The van der Waals surface area contributed by atoms with Gasteiger partial charge in [-0.15, -0.1) is 0 Å². The Balaban J connectivity index is 1.07. The first-order valence-electron chi connectivity index (χ1n) is 18.5. The van der Waals surface area contributed by atoms with Crippen molar-refractivity contribution >= 4 is 82.1 Å². The molecule has 0 N–H and O–H groups in total. The summed E-state index contributed by atoms with van der Waals surface area (Å²) in [6.45, 7) is 0. The second-order valence-corrected chi connectivity index (χ2v) is 14.1. The van der Waals surface area contributed by atoms with Gasteiger partial charge >= 0.3 is 0 Å². The summed E-state index contributed by atoms with van der Waals surface area (Å²) in [6.07, 6.45) is 0. The minimum atomic E-state index is 0.872. The normalized spacial score (nSPS) is 11.7. The molecule has 0 aliphatic rings. The summed E-state index contributed by atoms with van der Waals surface area (Å²) in [5.74, 6) is 0. The SMILES string of the molecule is c1cc(-c2ccc3ccccc3c2)cc(N(c2ccc(-c3ccc4c5ccccc5c5ccccc5c4c3)cc2)c2cccc3oc4ccccc4c23)c1. The number of para-hydroxylation sites is 1. The van der Waals surface area contributed by atoms with Crippen molar-refractivity contribution in [1.82, 2.24) is 0 Å². The van der Waals surface area contributed by atoms with Crippen LogP contribution < -0.4 is 4.90 Å². The first-order valence-corrected chi connectivity index (χ1v) is 18.5. The van der Waals surface area contributed by atoms with E-state index in [9.17, 15) is 0 Å². The van der Waals surface area contributed by atoms with Crippen LogP contribution in [0.25, 0.3) is 87.3 Å². The van der Waals surface area contributed by atoms with Gasteiger partial charge in [-0.05, 0) is 120 Å². The number of furan rings is 1. The fourth-order valence-electron chi connectivity index (χ4n) is 8.45. The fraction of sp³-hybridized carbons (Fsp3) is 0. The van der Waals surface area contributed by atoms with E-state index in [2.05, 4.69) is 193 Å². The lowest BCUT2D eigenvalue weighted by atomic mass is 9.92. The van der Waals surface area contributed by atoms with Crippen LogP contribution in [-0.2, 0) is 0 Å². The molecule has 11 aromatic rings. The quantitative estimate of drug-likeness (QED) is 0.168. The summed E-state index contributed by atoms with van der Waals surface area (Å²) in [4.78, 5) is 2.37. The number of rotatable bonds is 5. The van der Waals surface area contributed by atoms with Crippen molar-refractivity contribution in [3.8, 4) is 22.3 Å². The molecule has 0 amide bonds. The molecule has 0 bridgehead atoms. The molecule has 54 heavy (non-hydrogen) atoms. The van der Waals surface area contributed by atoms with Crippen molar-refractivity contribution < 1.29 is 4.42 Å². The molecule has 0 aliphatic carbocycles. The van der Waals surface area contributed by atoms with Gasteiger partial charge in [-0.2, -0.15) is 0 Å². The summed E-state index contributed by atoms with van der Waals surface area (Å²) in [7, 11) is 0. The molecule has 1 heterocycles. The molecule has 10 aromatic carbocycles. The number of nitrogens with zero attached hydrogens (tertiary/aromatic N) is 1. The van der Waals surface area contributed by atoms with Gasteiger partial charge in [0.05, 0.1) is 11.1 Å². The van der Waals surface area contributed by atoms with Crippen LogP contribution in [0.15, 0.2) is 205 Å². The molecule has 0 saturated heterocycles. The van der Waals surface area contributed by atoms with E-state index in [1.807, 2.05) is 12.1 Å². The topological polar surface area (TPSA) is 16.4 Å². The number of benzene rings is 10. The molecule has 11 rings (SSSR count). The Morgan fingerprint density at radius 2 is 0.852 bits per heavy atom. The van der Waals surface area contributed by atoms with Crippen molar-refractivity contribution in [2.75, 3.05) is 4.90 Å². The standard InChI is InChI=1S/C52H33NO/c1-2-12-36-31-38(24-23-34(36)11-1)37-13-9-14-41(32-37)53(49-20-10-22-51-52(49)47-19-7-8-21-50(47)54-51)40-28-25-35(26-29-40)39-27-30-46-44-17-4-3-15-42(44)43-16-5-6-18-45(43)48(46)33-39/h1-33H. The van der Waals surface area contributed by atoms with Gasteiger partial charge in [0, 0.05) is 16.8 Å². The number of anilines is 3. The maximum absolute atomic E-state index is 6.39. The van der Waals surface area contributed by atoms with E-state index in [-0.39, 0.29) is 0 Å². The highest BCUT2D eigenvalue weighted by Crippen LogP contribution is 2.44. The predicted molar refractivity (Wildman–Crippen MR) is 229 cm³/mol. The molecule has 0 fully saturated rings. The maximum Gasteiger partial charge on any atom is 0.137 e. The molecular formula is C52H33NO. The third-order valence-electron chi connectivity index (χ3n) is 11.0. The van der Waals surface area contributed by atoms with Gasteiger partial charge in [0.15, 0.2) is 0 Å². The molecule has 0 aliphatic heterocycles. The van der Waals surface area contributed by atoms with Crippen molar-refractivity contribution in [2.45, 2.75) is 0 Å². The van der Waals surface area contributed by atoms with Gasteiger partial charge in [0.2, 0.25) is 0 Å². The first-order chi connectivity index (χ1) is 26.8. The van der Waals surface area contributed by atoms with Crippen LogP contribution in [0.2, 0.25) is 0 Å². The summed E-state index contributed by atoms with van der Waals surface area (Å²) >= 11 is 0. The molecule has 252 valence electrons.